The Morgan fingerprint density at radius 3 is 2.76 bits per heavy atom. The molecular formula is C13H18ClN7. The average molecular weight is 308 g/mol. The van der Waals surface area contributed by atoms with Gasteiger partial charge in [-0.05, 0) is 30.4 Å². The van der Waals surface area contributed by atoms with Crippen LogP contribution in [-0.2, 0) is 0 Å². The molecule has 2 aromatic heterocycles. The standard InChI is InChI=1S/C13H18ClN7/c1-9-5-3-4-6-10(9)20(2)12-17-11(14)18-13(19-12)21-8-15-7-16-21/h7-10H,3-6H2,1-2H3. The van der Waals surface area contributed by atoms with Gasteiger partial charge in [0.15, 0.2) is 0 Å². The van der Waals surface area contributed by atoms with Gasteiger partial charge >= 0.3 is 0 Å². The number of nitrogens with zero attached hydrogens (tertiary/aromatic N) is 7. The van der Waals surface area contributed by atoms with Crippen molar-refractivity contribution < 1.29 is 0 Å². The highest BCUT2D eigenvalue weighted by atomic mass is 35.5. The van der Waals surface area contributed by atoms with Gasteiger partial charge in [0.2, 0.25) is 11.2 Å². The zero-order valence-electron chi connectivity index (χ0n) is 12.1. The summed E-state index contributed by atoms with van der Waals surface area (Å²) < 4.78 is 1.48. The fourth-order valence-electron chi connectivity index (χ4n) is 2.92. The molecule has 0 bridgehead atoms. The smallest absolute Gasteiger partial charge is 0.258 e. The van der Waals surface area contributed by atoms with Gasteiger partial charge in [0.1, 0.15) is 12.7 Å². The van der Waals surface area contributed by atoms with Crippen LogP contribution in [0.15, 0.2) is 12.7 Å². The van der Waals surface area contributed by atoms with Crippen molar-refractivity contribution in [1.82, 2.24) is 29.7 Å². The fraction of sp³-hybridized carbons (Fsp3) is 0.615. The molecule has 1 aliphatic rings. The van der Waals surface area contributed by atoms with Crippen LogP contribution < -0.4 is 4.90 Å². The zero-order valence-corrected chi connectivity index (χ0v) is 12.9. The maximum absolute atomic E-state index is 6.04. The molecule has 0 aliphatic heterocycles. The largest absolute Gasteiger partial charge is 0.340 e. The molecule has 112 valence electrons. The van der Waals surface area contributed by atoms with Crippen molar-refractivity contribution in [2.24, 2.45) is 5.92 Å². The molecule has 0 radical (unpaired) electrons. The Balaban J connectivity index is 1.91. The van der Waals surface area contributed by atoms with E-state index in [2.05, 4.69) is 36.9 Å². The summed E-state index contributed by atoms with van der Waals surface area (Å²) in [4.78, 5) is 18.8. The monoisotopic (exact) mass is 307 g/mol. The summed E-state index contributed by atoms with van der Waals surface area (Å²) in [6, 6.07) is 0.431. The molecule has 0 amide bonds. The molecule has 2 unspecified atom stereocenters. The number of rotatable bonds is 3. The van der Waals surface area contributed by atoms with Crippen molar-refractivity contribution in [3.63, 3.8) is 0 Å². The van der Waals surface area contributed by atoms with Crippen LogP contribution in [-0.4, -0.2) is 42.8 Å². The summed E-state index contributed by atoms with van der Waals surface area (Å²) in [6.07, 6.45) is 7.91. The molecule has 0 aromatic carbocycles. The van der Waals surface area contributed by atoms with Gasteiger partial charge in [-0.15, -0.1) is 0 Å². The molecule has 2 atom stereocenters. The van der Waals surface area contributed by atoms with Crippen molar-refractivity contribution in [2.75, 3.05) is 11.9 Å². The van der Waals surface area contributed by atoms with Crippen LogP contribution in [0.25, 0.3) is 5.95 Å². The molecule has 0 spiro atoms. The first-order valence-corrected chi connectivity index (χ1v) is 7.52. The van der Waals surface area contributed by atoms with E-state index >= 15 is 0 Å². The lowest BCUT2D eigenvalue weighted by Gasteiger charge is -2.36. The third-order valence-electron chi connectivity index (χ3n) is 4.09. The molecule has 1 aliphatic carbocycles. The SMILES string of the molecule is CC1CCCCC1N(C)c1nc(Cl)nc(-n2cncn2)n1. The molecule has 2 aromatic rings. The minimum Gasteiger partial charge on any atom is -0.340 e. The summed E-state index contributed by atoms with van der Waals surface area (Å²) in [6.45, 7) is 2.28. The van der Waals surface area contributed by atoms with Crippen LogP contribution in [0.1, 0.15) is 32.6 Å². The number of aromatic nitrogens is 6. The van der Waals surface area contributed by atoms with E-state index < -0.39 is 0 Å². The van der Waals surface area contributed by atoms with Gasteiger partial charge in [0, 0.05) is 13.1 Å². The van der Waals surface area contributed by atoms with Crippen LogP contribution in [0.2, 0.25) is 5.28 Å². The van der Waals surface area contributed by atoms with Gasteiger partial charge in [0.05, 0.1) is 0 Å². The van der Waals surface area contributed by atoms with Crippen LogP contribution >= 0.6 is 11.6 Å². The first-order chi connectivity index (χ1) is 10.1. The summed E-state index contributed by atoms with van der Waals surface area (Å²) >= 11 is 6.04. The van der Waals surface area contributed by atoms with E-state index in [1.165, 1.54) is 30.3 Å². The van der Waals surface area contributed by atoms with Crippen LogP contribution in [0, 0.1) is 5.92 Å². The Labute approximate surface area is 128 Å². The zero-order chi connectivity index (χ0) is 14.8. The Morgan fingerprint density at radius 1 is 1.24 bits per heavy atom. The van der Waals surface area contributed by atoms with Crippen molar-refractivity contribution in [2.45, 2.75) is 38.6 Å². The number of hydrogen-bond donors (Lipinski definition) is 0. The third kappa shape index (κ3) is 2.97. The van der Waals surface area contributed by atoms with Crippen LogP contribution in [0.3, 0.4) is 0 Å². The fourth-order valence-corrected chi connectivity index (χ4v) is 3.07. The van der Waals surface area contributed by atoms with E-state index in [9.17, 15) is 0 Å². The van der Waals surface area contributed by atoms with Gasteiger partial charge in [-0.1, -0.05) is 19.8 Å². The topological polar surface area (TPSA) is 72.6 Å². The number of halogens is 1. The molecule has 8 heteroatoms. The van der Waals surface area contributed by atoms with E-state index in [1.54, 1.807) is 6.33 Å². The number of hydrogen-bond acceptors (Lipinski definition) is 6. The maximum Gasteiger partial charge on any atom is 0.258 e. The first kappa shape index (κ1) is 14.2. The predicted octanol–water partition coefficient (Wildman–Crippen LogP) is 2.12. The van der Waals surface area contributed by atoms with Crippen molar-refractivity contribution in [1.29, 1.82) is 0 Å². The third-order valence-corrected chi connectivity index (χ3v) is 4.26. The first-order valence-electron chi connectivity index (χ1n) is 7.14. The van der Waals surface area contributed by atoms with Gasteiger partial charge in [-0.3, -0.25) is 0 Å². The summed E-state index contributed by atoms with van der Waals surface area (Å²) in [5, 5.41) is 4.20. The van der Waals surface area contributed by atoms with E-state index in [-0.39, 0.29) is 5.28 Å². The Morgan fingerprint density at radius 2 is 2.05 bits per heavy atom. The summed E-state index contributed by atoms with van der Waals surface area (Å²) in [5.74, 6) is 1.59. The van der Waals surface area contributed by atoms with Gasteiger partial charge < -0.3 is 4.90 Å². The summed E-state index contributed by atoms with van der Waals surface area (Å²) in [5.41, 5.74) is 0. The highest BCUT2D eigenvalue weighted by molar-refractivity contribution is 6.28. The molecule has 3 rings (SSSR count). The number of anilines is 1. The normalized spacial score (nSPS) is 22.2. The predicted molar refractivity (Wildman–Crippen MR) is 79.6 cm³/mol. The maximum atomic E-state index is 6.04. The van der Waals surface area contributed by atoms with E-state index in [4.69, 9.17) is 11.6 Å². The second-order valence-electron chi connectivity index (χ2n) is 5.48. The molecular weight excluding hydrogens is 290 g/mol. The molecule has 0 saturated heterocycles. The van der Waals surface area contributed by atoms with Crippen LogP contribution in [0.4, 0.5) is 5.95 Å². The van der Waals surface area contributed by atoms with Crippen molar-refractivity contribution >= 4 is 17.5 Å². The molecule has 7 nitrogen and oxygen atoms in total. The van der Waals surface area contributed by atoms with Crippen LogP contribution in [0.5, 0.6) is 0 Å². The van der Waals surface area contributed by atoms with E-state index in [0.717, 1.165) is 6.42 Å². The second-order valence-corrected chi connectivity index (χ2v) is 5.82. The molecule has 2 heterocycles. The Hall–Kier alpha value is -1.76. The lowest BCUT2D eigenvalue weighted by molar-refractivity contribution is 0.319. The van der Waals surface area contributed by atoms with Gasteiger partial charge in [-0.2, -0.15) is 24.7 Å². The minimum absolute atomic E-state index is 0.167. The highest BCUT2D eigenvalue weighted by Gasteiger charge is 2.27. The quantitative estimate of drug-likeness (QED) is 0.865. The second kappa shape index (κ2) is 5.93. The van der Waals surface area contributed by atoms with Gasteiger partial charge in [0.25, 0.3) is 5.95 Å². The Kier molecular flexibility index (Phi) is 4.01. The lowest BCUT2D eigenvalue weighted by Crippen LogP contribution is -2.40. The highest BCUT2D eigenvalue weighted by Crippen LogP contribution is 2.29. The molecule has 1 saturated carbocycles. The minimum atomic E-state index is 0.167. The summed E-state index contributed by atoms with van der Waals surface area (Å²) in [7, 11) is 2.02. The van der Waals surface area contributed by atoms with E-state index in [0.29, 0.717) is 23.9 Å². The van der Waals surface area contributed by atoms with Crippen molar-refractivity contribution in [3.8, 4) is 5.95 Å². The molecule has 1 fully saturated rings. The van der Waals surface area contributed by atoms with Crippen molar-refractivity contribution in [3.05, 3.63) is 17.9 Å². The van der Waals surface area contributed by atoms with Gasteiger partial charge in [-0.25, -0.2) is 4.98 Å². The average Bonchev–Trinajstić information content (AvgIpc) is 3.01. The molecule has 21 heavy (non-hydrogen) atoms. The van der Waals surface area contributed by atoms with E-state index in [1.807, 2.05) is 7.05 Å². The Bertz CT molecular complexity index is 601. The lowest BCUT2D eigenvalue weighted by atomic mass is 9.85. The molecule has 0 N–H and O–H groups in total.